The zero-order valence-corrected chi connectivity index (χ0v) is 13.1. The highest BCUT2D eigenvalue weighted by Crippen LogP contribution is 2.21. The van der Waals surface area contributed by atoms with Gasteiger partial charge in [0.2, 0.25) is 5.91 Å². The standard InChI is InChI=1S/C15H23NO3S/c1-11(2)8-12(9-17)16-15(18)10-20-14-6-4-13(19-3)5-7-14/h4-7,11-12,17H,8-10H2,1-3H3,(H,16,18). The van der Waals surface area contributed by atoms with Gasteiger partial charge in [-0.05, 0) is 36.6 Å². The summed E-state index contributed by atoms with van der Waals surface area (Å²) in [5, 5.41) is 12.1. The van der Waals surface area contributed by atoms with Crippen molar-refractivity contribution in [2.24, 2.45) is 5.92 Å². The van der Waals surface area contributed by atoms with Gasteiger partial charge in [0.05, 0.1) is 25.5 Å². The van der Waals surface area contributed by atoms with Crippen molar-refractivity contribution in [1.29, 1.82) is 0 Å². The molecule has 0 spiro atoms. The molecular formula is C15H23NO3S. The second-order valence-corrected chi connectivity index (χ2v) is 6.09. The number of hydrogen-bond acceptors (Lipinski definition) is 4. The van der Waals surface area contributed by atoms with Crippen LogP contribution >= 0.6 is 11.8 Å². The summed E-state index contributed by atoms with van der Waals surface area (Å²) in [7, 11) is 1.62. The summed E-state index contributed by atoms with van der Waals surface area (Å²) in [6.07, 6.45) is 0.787. The van der Waals surface area contributed by atoms with Crippen molar-refractivity contribution in [1.82, 2.24) is 5.32 Å². The number of methoxy groups -OCH3 is 1. The second kappa shape index (κ2) is 8.87. The highest BCUT2D eigenvalue weighted by molar-refractivity contribution is 8.00. The molecule has 0 radical (unpaired) electrons. The summed E-state index contributed by atoms with van der Waals surface area (Å²) >= 11 is 1.47. The smallest absolute Gasteiger partial charge is 0.230 e. The Hall–Kier alpha value is -1.20. The number of carbonyl (C=O) groups excluding carboxylic acids is 1. The molecule has 1 amide bonds. The van der Waals surface area contributed by atoms with Crippen molar-refractivity contribution in [3.05, 3.63) is 24.3 Å². The average Bonchev–Trinajstić information content (AvgIpc) is 2.44. The van der Waals surface area contributed by atoms with Crippen molar-refractivity contribution in [2.75, 3.05) is 19.5 Å². The van der Waals surface area contributed by atoms with Crippen molar-refractivity contribution in [3.8, 4) is 5.75 Å². The predicted octanol–water partition coefficient (Wildman–Crippen LogP) is 2.31. The predicted molar refractivity (Wildman–Crippen MR) is 82.2 cm³/mol. The third kappa shape index (κ3) is 6.30. The monoisotopic (exact) mass is 297 g/mol. The molecule has 0 aliphatic rings. The van der Waals surface area contributed by atoms with E-state index < -0.39 is 0 Å². The van der Waals surface area contributed by atoms with Crippen LogP contribution in [0.2, 0.25) is 0 Å². The zero-order valence-electron chi connectivity index (χ0n) is 12.3. The molecule has 1 unspecified atom stereocenters. The zero-order chi connectivity index (χ0) is 15.0. The Labute approximate surface area is 124 Å². The molecule has 4 nitrogen and oxygen atoms in total. The fourth-order valence-corrected chi connectivity index (χ4v) is 2.55. The number of hydrogen-bond donors (Lipinski definition) is 2. The first-order valence-corrected chi connectivity index (χ1v) is 7.70. The van der Waals surface area contributed by atoms with E-state index in [4.69, 9.17) is 4.74 Å². The maximum Gasteiger partial charge on any atom is 0.230 e. The molecule has 1 aromatic rings. The normalized spacial score (nSPS) is 12.2. The van der Waals surface area contributed by atoms with Crippen LogP contribution in [0.15, 0.2) is 29.2 Å². The van der Waals surface area contributed by atoms with E-state index in [1.807, 2.05) is 24.3 Å². The van der Waals surface area contributed by atoms with Crippen LogP contribution in [-0.4, -0.2) is 36.5 Å². The van der Waals surface area contributed by atoms with Gasteiger partial charge >= 0.3 is 0 Å². The quantitative estimate of drug-likeness (QED) is 0.723. The van der Waals surface area contributed by atoms with Gasteiger partial charge in [0.15, 0.2) is 0 Å². The first-order valence-electron chi connectivity index (χ1n) is 6.72. The first kappa shape index (κ1) is 16.9. The Morgan fingerprint density at radius 2 is 2.00 bits per heavy atom. The lowest BCUT2D eigenvalue weighted by Crippen LogP contribution is -2.39. The third-order valence-corrected chi connectivity index (χ3v) is 3.78. The van der Waals surface area contributed by atoms with Crippen LogP contribution in [-0.2, 0) is 4.79 Å². The number of aliphatic hydroxyl groups is 1. The lowest BCUT2D eigenvalue weighted by atomic mass is 10.0. The third-order valence-electron chi connectivity index (χ3n) is 2.77. The largest absolute Gasteiger partial charge is 0.497 e. The minimum Gasteiger partial charge on any atom is -0.497 e. The summed E-state index contributed by atoms with van der Waals surface area (Å²) in [4.78, 5) is 12.8. The van der Waals surface area contributed by atoms with Crippen LogP contribution in [0, 0.1) is 5.92 Å². The molecule has 0 heterocycles. The van der Waals surface area contributed by atoms with Crippen molar-refractivity contribution in [2.45, 2.75) is 31.2 Å². The molecular weight excluding hydrogens is 274 g/mol. The molecule has 0 aromatic heterocycles. The van der Waals surface area contributed by atoms with Gasteiger partial charge in [-0.25, -0.2) is 0 Å². The number of benzene rings is 1. The van der Waals surface area contributed by atoms with E-state index in [1.54, 1.807) is 7.11 Å². The summed E-state index contributed by atoms with van der Waals surface area (Å²) in [5.74, 6) is 1.55. The van der Waals surface area contributed by atoms with E-state index in [2.05, 4.69) is 19.2 Å². The molecule has 0 saturated carbocycles. The first-order chi connectivity index (χ1) is 9.55. The lowest BCUT2D eigenvalue weighted by Gasteiger charge is -2.18. The Morgan fingerprint density at radius 3 is 2.50 bits per heavy atom. The molecule has 1 rings (SSSR count). The van der Waals surface area contributed by atoms with Crippen LogP contribution in [0.5, 0.6) is 5.75 Å². The van der Waals surface area contributed by atoms with E-state index >= 15 is 0 Å². The number of ether oxygens (including phenoxy) is 1. The van der Waals surface area contributed by atoms with Gasteiger partial charge in [-0.3, -0.25) is 4.79 Å². The van der Waals surface area contributed by atoms with E-state index in [9.17, 15) is 9.90 Å². The van der Waals surface area contributed by atoms with Crippen LogP contribution in [0.1, 0.15) is 20.3 Å². The number of amides is 1. The molecule has 0 aliphatic carbocycles. The molecule has 0 fully saturated rings. The number of rotatable bonds is 8. The highest BCUT2D eigenvalue weighted by Gasteiger charge is 2.13. The number of carbonyl (C=O) groups is 1. The Balaban J connectivity index is 2.37. The summed E-state index contributed by atoms with van der Waals surface area (Å²) in [5.41, 5.74) is 0. The van der Waals surface area contributed by atoms with Crippen molar-refractivity contribution >= 4 is 17.7 Å². The highest BCUT2D eigenvalue weighted by atomic mass is 32.2. The Bertz CT molecular complexity index is 406. The fourth-order valence-electron chi connectivity index (χ4n) is 1.84. The topological polar surface area (TPSA) is 58.6 Å². The maximum atomic E-state index is 11.8. The molecule has 0 bridgehead atoms. The van der Waals surface area contributed by atoms with Gasteiger partial charge in [-0.2, -0.15) is 0 Å². The van der Waals surface area contributed by atoms with Gasteiger partial charge in [0, 0.05) is 4.90 Å². The second-order valence-electron chi connectivity index (χ2n) is 5.04. The van der Waals surface area contributed by atoms with Gasteiger partial charge < -0.3 is 15.2 Å². The molecule has 1 aromatic carbocycles. The molecule has 0 saturated heterocycles. The number of thioether (sulfide) groups is 1. The Kier molecular flexibility index (Phi) is 7.47. The minimum atomic E-state index is -0.154. The average molecular weight is 297 g/mol. The van der Waals surface area contributed by atoms with Crippen LogP contribution in [0.4, 0.5) is 0 Å². The van der Waals surface area contributed by atoms with Gasteiger partial charge in [-0.15, -0.1) is 11.8 Å². The molecule has 20 heavy (non-hydrogen) atoms. The SMILES string of the molecule is COc1ccc(SCC(=O)NC(CO)CC(C)C)cc1. The number of aliphatic hydroxyl groups excluding tert-OH is 1. The van der Waals surface area contributed by atoms with E-state index in [0.29, 0.717) is 11.7 Å². The minimum absolute atomic E-state index is 0.0167. The summed E-state index contributed by atoms with van der Waals surface area (Å²) < 4.78 is 5.08. The summed E-state index contributed by atoms with van der Waals surface area (Å²) in [6.45, 7) is 4.12. The summed E-state index contributed by atoms with van der Waals surface area (Å²) in [6, 6.07) is 7.44. The molecule has 0 aliphatic heterocycles. The van der Waals surface area contributed by atoms with Crippen LogP contribution in [0.25, 0.3) is 0 Å². The van der Waals surface area contributed by atoms with Gasteiger partial charge in [0.1, 0.15) is 5.75 Å². The van der Waals surface area contributed by atoms with Crippen LogP contribution < -0.4 is 10.1 Å². The molecule has 5 heteroatoms. The van der Waals surface area contributed by atoms with Crippen molar-refractivity contribution in [3.63, 3.8) is 0 Å². The molecule has 112 valence electrons. The molecule has 2 N–H and O–H groups in total. The van der Waals surface area contributed by atoms with Crippen LogP contribution in [0.3, 0.4) is 0 Å². The molecule has 1 atom stereocenters. The van der Waals surface area contributed by atoms with E-state index in [1.165, 1.54) is 11.8 Å². The van der Waals surface area contributed by atoms with E-state index in [0.717, 1.165) is 17.1 Å². The lowest BCUT2D eigenvalue weighted by molar-refractivity contribution is -0.119. The van der Waals surface area contributed by atoms with Crippen molar-refractivity contribution < 1.29 is 14.6 Å². The van der Waals surface area contributed by atoms with Gasteiger partial charge in [0.25, 0.3) is 0 Å². The fraction of sp³-hybridized carbons (Fsp3) is 0.533. The maximum absolute atomic E-state index is 11.8. The van der Waals surface area contributed by atoms with Gasteiger partial charge in [-0.1, -0.05) is 13.8 Å². The Morgan fingerprint density at radius 1 is 1.35 bits per heavy atom. The van der Waals surface area contributed by atoms with E-state index in [-0.39, 0.29) is 18.6 Å². The number of nitrogens with one attached hydrogen (secondary N) is 1.